The summed E-state index contributed by atoms with van der Waals surface area (Å²) in [6.07, 6.45) is 0. The zero-order chi connectivity index (χ0) is 18.5. The van der Waals surface area contributed by atoms with Gasteiger partial charge in [0.25, 0.3) is 0 Å². The van der Waals surface area contributed by atoms with Crippen molar-refractivity contribution in [1.82, 2.24) is 0 Å². The normalized spacial score (nSPS) is 10.8. The second-order valence-electron chi connectivity index (χ2n) is 6.35. The van der Waals surface area contributed by atoms with E-state index in [1.165, 1.54) is 21.2 Å². The lowest BCUT2D eigenvalue weighted by molar-refractivity contribution is -0.00000545. The molecule has 4 rings (SSSR count). The molecule has 0 unspecified atom stereocenters. The first kappa shape index (κ1) is 20.3. The number of ether oxygens (including phenoxy) is 1. The number of methoxy groups -OCH3 is 1. The molecule has 0 aliphatic carbocycles. The largest absolute Gasteiger partial charge is 1.00 e. The lowest BCUT2D eigenvalue weighted by Gasteiger charge is -2.28. The summed E-state index contributed by atoms with van der Waals surface area (Å²) < 4.78 is 5.84. The maximum Gasteiger partial charge on any atom is 0.162 e. The van der Waals surface area contributed by atoms with E-state index < -0.39 is 7.26 Å². The van der Waals surface area contributed by atoms with Gasteiger partial charge in [0.05, 0.1) is 7.11 Å². The van der Waals surface area contributed by atoms with Crippen LogP contribution in [0.2, 0.25) is 0 Å². The first-order valence-electron chi connectivity index (χ1n) is 9.07. The molecular formula is C25H22BrOP. The second-order valence-corrected chi connectivity index (χ2v) is 9.72. The monoisotopic (exact) mass is 448 g/mol. The maximum atomic E-state index is 5.84. The Kier molecular flexibility index (Phi) is 6.67. The van der Waals surface area contributed by atoms with Crippen LogP contribution in [0.1, 0.15) is 0 Å². The van der Waals surface area contributed by atoms with E-state index in [1.807, 2.05) is 6.07 Å². The minimum absolute atomic E-state index is 0. The van der Waals surface area contributed by atoms with Crippen LogP contribution in [-0.4, -0.2) is 7.11 Å². The third-order valence-corrected chi connectivity index (χ3v) is 9.19. The van der Waals surface area contributed by atoms with Crippen molar-refractivity contribution in [2.75, 3.05) is 7.11 Å². The van der Waals surface area contributed by atoms with Crippen LogP contribution in [0.25, 0.3) is 0 Å². The predicted molar refractivity (Wildman–Crippen MR) is 118 cm³/mol. The summed E-state index contributed by atoms with van der Waals surface area (Å²) in [7, 11) is -0.326. The minimum Gasteiger partial charge on any atom is -1.00 e. The molecule has 1 nitrogen and oxygen atoms in total. The van der Waals surface area contributed by atoms with Crippen molar-refractivity contribution in [3.8, 4) is 5.75 Å². The van der Waals surface area contributed by atoms with Crippen molar-refractivity contribution in [3.05, 3.63) is 115 Å². The zero-order valence-electron chi connectivity index (χ0n) is 15.7. The third-order valence-electron chi connectivity index (χ3n) is 4.88. The minimum atomic E-state index is -2.08. The average Bonchev–Trinajstić information content (AvgIpc) is 2.77. The lowest BCUT2D eigenvalue weighted by Crippen LogP contribution is -3.00. The molecule has 140 valence electrons. The number of hydrogen-bond acceptors (Lipinski definition) is 1. The van der Waals surface area contributed by atoms with Crippen LogP contribution >= 0.6 is 7.26 Å². The Morgan fingerprint density at radius 2 is 0.857 bits per heavy atom. The second kappa shape index (κ2) is 9.19. The Hall–Kier alpha value is -2.41. The van der Waals surface area contributed by atoms with Crippen molar-refractivity contribution in [2.24, 2.45) is 0 Å². The predicted octanol–water partition coefficient (Wildman–Crippen LogP) is 1.32. The van der Waals surface area contributed by atoms with Gasteiger partial charge in [0.2, 0.25) is 0 Å². The molecule has 3 heteroatoms. The van der Waals surface area contributed by atoms with E-state index in [0.717, 1.165) is 5.75 Å². The topological polar surface area (TPSA) is 9.23 Å². The summed E-state index contributed by atoms with van der Waals surface area (Å²) in [6.45, 7) is 0. The summed E-state index contributed by atoms with van der Waals surface area (Å²) in [6, 6.07) is 41.0. The number of benzene rings is 4. The van der Waals surface area contributed by atoms with Gasteiger partial charge in [0, 0.05) is 0 Å². The molecule has 28 heavy (non-hydrogen) atoms. The Morgan fingerprint density at radius 1 is 0.500 bits per heavy atom. The first-order chi connectivity index (χ1) is 13.4. The van der Waals surface area contributed by atoms with Gasteiger partial charge < -0.3 is 21.7 Å². The van der Waals surface area contributed by atoms with E-state index in [2.05, 4.69) is 109 Å². The van der Waals surface area contributed by atoms with Crippen molar-refractivity contribution < 1.29 is 21.7 Å². The van der Waals surface area contributed by atoms with E-state index in [4.69, 9.17) is 4.74 Å². The maximum absolute atomic E-state index is 5.84. The SMILES string of the molecule is COc1ccccc1[P+](c1ccccc1)(c1ccccc1)c1ccccc1.[Br-]. The first-order valence-corrected chi connectivity index (χ1v) is 10.9. The van der Waals surface area contributed by atoms with E-state index in [-0.39, 0.29) is 17.0 Å². The fraction of sp³-hybridized carbons (Fsp3) is 0.0400. The molecule has 0 aromatic heterocycles. The van der Waals surface area contributed by atoms with Gasteiger partial charge in [-0.15, -0.1) is 0 Å². The van der Waals surface area contributed by atoms with Gasteiger partial charge in [0.15, 0.2) is 11.1 Å². The highest BCUT2D eigenvalue weighted by atomic mass is 79.9. The fourth-order valence-electron chi connectivity index (χ4n) is 3.73. The van der Waals surface area contributed by atoms with Crippen molar-refractivity contribution in [2.45, 2.75) is 0 Å². The molecule has 0 saturated carbocycles. The van der Waals surface area contributed by atoms with Gasteiger partial charge in [-0.3, -0.25) is 0 Å². The standard InChI is InChI=1S/C25H22OP.BrH/c1-26-24-19-11-12-20-25(24)27(21-13-5-2-6-14-21,22-15-7-3-8-16-22)23-17-9-4-10-18-23;/h2-20H,1H3;1H/q+1;/p-1. The molecule has 0 radical (unpaired) electrons. The van der Waals surface area contributed by atoms with E-state index >= 15 is 0 Å². The lowest BCUT2D eigenvalue weighted by atomic mass is 10.3. The van der Waals surface area contributed by atoms with Gasteiger partial charge in [0.1, 0.15) is 23.2 Å². The van der Waals surface area contributed by atoms with Crippen LogP contribution in [0.15, 0.2) is 115 Å². The Morgan fingerprint density at radius 3 is 1.25 bits per heavy atom. The smallest absolute Gasteiger partial charge is 0.162 e. The van der Waals surface area contributed by atoms with Gasteiger partial charge in [-0.25, -0.2) is 0 Å². The molecule has 0 amide bonds. The van der Waals surface area contributed by atoms with Gasteiger partial charge in [-0.2, -0.15) is 0 Å². The number of para-hydroxylation sites is 1. The van der Waals surface area contributed by atoms with E-state index in [9.17, 15) is 0 Å². The van der Waals surface area contributed by atoms with Crippen LogP contribution in [0.3, 0.4) is 0 Å². The highest BCUT2D eigenvalue weighted by Crippen LogP contribution is 2.55. The summed E-state index contributed by atoms with van der Waals surface area (Å²) in [5.41, 5.74) is 0. The summed E-state index contributed by atoms with van der Waals surface area (Å²) in [5, 5.41) is 5.22. The third kappa shape index (κ3) is 3.51. The van der Waals surface area contributed by atoms with Crippen molar-refractivity contribution >= 4 is 28.5 Å². The molecule has 0 saturated heterocycles. The molecular weight excluding hydrogens is 427 g/mol. The van der Waals surface area contributed by atoms with Gasteiger partial charge in [-0.1, -0.05) is 66.7 Å². The van der Waals surface area contributed by atoms with E-state index in [1.54, 1.807) is 7.11 Å². The number of hydrogen-bond donors (Lipinski definition) is 0. The Bertz CT molecular complexity index is 907. The number of rotatable bonds is 5. The Labute approximate surface area is 178 Å². The molecule has 0 spiro atoms. The molecule has 0 fully saturated rings. The zero-order valence-corrected chi connectivity index (χ0v) is 18.2. The molecule has 0 atom stereocenters. The molecule has 0 aliphatic heterocycles. The van der Waals surface area contributed by atoms with E-state index in [0.29, 0.717) is 0 Å². The molecule has 4 aromatic carbocycles. The van der Waals surface area contributed by atoms with Crippen LogP contribution in [0.5, 0.6) is 5.75 Å². The highest BCUT2D eigenvalue weighted by molar-refractivity contribution is 8.01. The van der Waals surface area contributed by atoms with Gasteiger partial charge >= 0.3 is 0 Å². The average molecular weight is 449 g/mol. The summed E-state index contributed by atoms with van der Waals surface area (Å²) in [5.74, 6) is 0.933. The van der Waals surface area contributed by atoms with Crippen molar-refractivity contribution in [1.29, 1.82) is 0 Å². The molecule has 0 heterocycles. The Balaban J connectivity index is 0.00000225. The molecule has 0 bridgehead atoms. The number of halogens is 1. The van der Waals surface area contributed by atoms with Gasteiger partial charge in [-0.05, 0) is 48.5 Å². The summed E-state index contributed by atoms with van der Waals surface area (Å²) in [4.78, 5) is 0. The van der Waals surface area contributed by atoms with Crippen LogP contribution in [0.4, 0.5) is 0 Å². The molecule has 0 aliphatic rings. The summed E-state index contributed by atoms with van der Waals surface area (Å²) >= 11 is 0. The van der Waals surface area contributed by atoms with Crippen molar-refractivity contribution in [3.63, 3.8) is 0 Å². The van der Waals surface area contributed by atoms with Crippen LogP contribution in [0, 0.1) is 0 Å². The molecule has 0 N–H and O–H groups in total. The highest BCUT2D eigenvalue weighted by Gasteiger charge is 2.49. The van der Waals surface area contributed by atoms with Crippen LogP contribution < -0.4 is 42.9 Å². The molecule has 4 aromatic rings. The fourth-order valence-corrected chi connectivity index (χ4v) is 8.12. The quantitative estimate of drug-likeness (QED) is 0.418. The van der Waals surface area contributed by atoms with Crippen LogP contribution in [-0.2, 0) is 0 Å².